The van der Waals surface area contributed by atoms with E-state index in [4.69, 9.17) is 9.47 Å². The molecule has 108 valence electrons. The van der Waals surface area contributed by atoms with Crippen LogP contribution in [0.2, 0.25) is 0 Å². The van der Waals surface area contributed by atoms with E-state index in [2.05, 4.69) is 27.1 Å². The SMILES string of the molecule is CNc1cnc(CN(CCOC)C(C)COC)cn1. The summed E-state index contributed by atoms with van der Waals surface area (Å²) in [6, 6.07) is 0.311. The summed E-state index contributed by atoms with van der Waals surface area (Å²) in [6.07, 6.45) is 3.54. The van der Waals surface area contributed by atoms with Crippen molar-refractivity contribution in [2.45, 2.75) is 19.5 Å². The largest absolute Gasteiger partial charge is 0.383 e. The molecule has 1 atom stereocenters. The van der Waals surface area contributed by atoms with Crippen LogP contribution in [0.5, 0.6) is 0 Å². The second kappa shape index (κ2) is 8.79. The zero-order valence-corrected chi connectivity index (χ0v) is 12.2. The molecule has 0 aliphatic rings. The van der Waals surface area contributed by atoms with Gasteiger partial charge >= 0.3 is 0 Å². The zero-order chi connectivity index (χ0) is 14.1. The fraction of sp³-hybridized carbons (Fsp3) is 0.692. The van der Waals surface area contributed by atoms with Gasteiger partial charge in [-0.3, -0.25) is 9.88 Å². The average Bonchev–Trinajstić information content (AvgIpc) is 2.44. The smallest absolute Gasteiger partial charge is 0.144 e. The van der Waals surface area contributed by atoms with Gasteiger partial charge in [0.05, 0.1) is 31.3 Å². The van der Waals surface area contributed by atoms with Crippen LogP contribution >= 0.6 is 0 Å². The molecule has 0 saturated carbocycles. The third kappa shape index (κ3) is 5.50. The molecule has 1 heterocycles. The molecular formula is C13H24N4O2. The zero-order valence-electron chi connectivity index (χ0n) is 12.2. The van der Waals surface area contributed by atoms with Gasteiger partial charge in [0.15, 0.2) is 0 Å². The topological polar surface area (TPSA) is 59.5 Å². The van der Waals surface area contributed by atoms with Gasteiger partial charge in [0.1, 0.15) is 5.82 Å². The predicted octanol–water partition coefficient (Wildman–Crippen LogP) is 1.00. The molecule has 0 aliphatic carbocycles. The average molecular weight is 268 g/mol. The van der Waals surface area contributed by atoms with Gasteiger partial charge in [-0.15, -0.1) is 0 Å². The lowest BCUT2D eigenvalue weighted by molar-refractivity contribution is 0.0697. The van der Waals surface area contributed by atoms with Crippen molar-refractivity contribution >= 4 is 5.82 Å². The molecule has 1 N–H and O–H groups in total. The maximum Gasteiger partial charge on any atom is 0.144 e. The Kier molecular flexibility index (Phi) is 7.32. The van der Waals surface area contributed by atoms with E-state index in [1.807, 2.05) is 7.05 Å². The van der Waals surface area contributed by atoms with E-state index >= 15 is 0 Å². The van der Waals surface area contributed by atoms with E-state index < -0.39 is 0 Å². The molecule has 0 aliphatic heterocycles. The first-order valence-corrected chi connectivity index (χ1v) is 6.41. The van der Waals surface area contributed by atoms with Crippen molar-refractivity contribution in [1.82, 2.24) is 14.9 Å². The van der Waals surface area contributed by atoms with Crippen molar-refractivity contribution in [3.8, 4) is 0 Å². The first kappa shape index (κ1) is 15.8. The highest BCUT2D eigenvalue weighted by Gasteiger charge is 2.14. The van der Waals surface area contributed by atoms with Gasteiger partial charge in [0.2, 0.25) is 0 Å². The molecule has 0 spiro atoms. The summed E-state index contributed by atoms with van der Waals surface area (Å²) < 4.78 is 10.4. The third-order valence-electron chi connectivity index (χ3n) is 2.94. The summed E-state index contributed by atoms with van der Waals surface area (Å²) >= 11 is 0. The number of hydrogen-bond acceptors (Lipinski definition) is 6. The van der Waals surface area contributed by atoms with Gasteiger partial charge in [0, 0.05) is 40.4 Å². The van der Waals surface area contributed by atoms with Crippen LogP contribution in [0.3, 0.4) is 0 Å². The predicted molar refractivity (Wildman–Crippen MR) is 75.2 cm³/mol. The number of aromatic nitrogens is 2. The summed E-state index contributed by atoms with van der Waals surface area (Å²) in [7, 11) is 5.25. The Hall–Kier alpha value is -1.24. The van der Waals surface area contributed by atoms with E-state index in [1.54, 1.807) is 26.6 Å². The molecule has 0 fully saturated rings. The Morgan fingerprint density at radius 2 is 2.05 bits per heavy atom. The van der Waals surface area contributed by atoms with Crippen molar-refractivity contribution in [3.05, 3.63) is 18.1 Å². The quantitative estimate of drug-likeness (QED) is 0.721. The summed E-state index contributed by atoms with van der Waals surface area (Å²) in [5, 5.41) is 2.96. The Bertz CT molecular complexity index is 345. The maximum atomic E-state index is 5.21. The summed E-state index contributed by atoms with van der Waals surface area (Å²) in [5.41, 5.74) is 0.943. The van der Waals surface area contributed by atoms with Crippen LogP contribution in [0.15, 0.2) is 12.4 Å². The molecule has 1 aromatic rings. The minimum Gasteiger partial charge on any atom is -0.383 e. The molecule has 0 saturated heterocycles. The highest BCUT2D eigenvalue weighted by atomic mass is 16.5. The van der Waals surface area contributed by atoms with E-state index in [0.717, 1.165) is 24.6 Å². The lowest BCUT2D eigenvalue weighted by Gasteiger charge is -2.27. The molecular weight excluding hydrogens is 244 g/mol. The number of nitrogens with zero attached hydrogens (tertiary/aromatic N) is 3. The molecule has 19 heavy (non-hydrogen) atoms. The highest BCUT2D eigenvalue weighted by Crippen LogP contribution is 2.07. The van der Waals surface area contributed by atoms with Crippen LogP contribution in [-0.4, -0.2) is 61.9 Å². The number of nitrogens with one attached hydrogen (secondary N) is 1. The normalized spacial score (nSPS) is 12.7. The second-order valence-corrected chi connectivity index (χ2v) is 4.41. The monoisotopic (exact) mass is 268 g/mol. The first-order valence-electron chi connectivity index (χ1n) is 6.41. The van der Waals surface area contributed by atoms with Gasteiger partial charge in [-0.2, -0.15) is 0 Å². The van der Waals surface area contributed by atoms with Gasteiger partial charge < -0.3 is 14.8 Å². The Morgan fingerprint density at radius 1 is 1.26 bits per heavy atom. The van der Waals surface area contributed by atoms with E-state index in [1.165, 1.54) is 0 Å². The minimum atomic E-state index is 0.311. The Labute approximate surface area is 115 Å². The van der Waals surface area contributed by atoms with Crippen molar-refractivity contribution in [2.24, 2.45) is 0 Å². The van der Waals surface area contributed by atoms with E-state index in [0.29, 0.717) is 19.3 Å². The fourth-order valence-corrected chi connectivity index (χ4v) is 1.78. The third-order valence-corrected chi connectivity index (χ3v) is 2.94. The number of methoxy groups -OCH3 is 2. The molecule has 0 aromatic carbocycles. The second-order valence-electron chi connectivity index (χ2n) is 4.41. The fourth-order valence-electron chi connectivity index (χ4n) is 1.78. The highest BCUT2D eigenvalue weighted by molar-refractivity contribution is 5.29. The maximum absolute atomic E-state index is 5.21. The van der Waals surface area contributed by atoms with Crippen LogP contribution in [0, 0.1) is 0 Å². The van der Waals surface area contributed by atoms with Gasteiger partial charge in [0.25, 0.3) is 0 Å². The molecule has 6 heteroatoms. The van der Waals surface area contributed by atoms with Crippen molar-refractivity contribution in [1.29, 1.82) is 0 Å². The number of rotatable bonds is 9. The minimum absolute atomic E-state index is 0.311. The van der Waals surface area contributed by atoms with Crippen LogP contribution in [0.25, 0.3) is 0 Å². The summed E-state index contributed by atoms with van der Waals surface area (Å²) in [6.45, 7) is 5.09. The Balaban J connectivity index is 2.63. The lowest BCUT2D eigenvalue weighted by Crippen LogP contribution is -2.38. The molecule has 6 nitrogen and oxygen atoms in total. The number of hydrogen-bond donors (Lipinski definition) is 1. The van der Waals surface area contributed by atoms with Gasteiger partial charge in [-0.05, 0) is 6.92 Å². The van der Waals surface area contributed by atoms with Crippen LogP contribution in [-0.2, 0) is 16.0 Å². The molecule has 1 rings (SSSR count). The van der Waals surface area contributed by atoms with E-state index in [-0.39, 0.29) is 0 Å². The molecule has 1 aromatic heterocycles. The lowest BCUT2D eigenvalue weighted by atomic mass is 10.2. The van der Waals surface area contributed by atoms with Crippen LogP contribution in [0.4, 0.5) is 5.82 Å². The molecule has 0 amide bonds. The van der Waals surface area contributed by atoms with Crippen molar-refractivity contribution in [3.63, 3.8) is 0 Å². The van der Waals surface area contributed by atoms with Gasteiger partial charge in [-0.1, -0.05) is 0 Å². The van der Waals surface area contributed by atoms with Gasteiger partial charge in [-0.25, -0.2) is 4.98 Å². The van der Waals surface area contributed by atoms with Crippen molar-refractivity contribution in [2.75, 3.05) is 46.3 Å². The van der Waals surface area contributed by atoms with Crippen LogP contribution in [0.1, 0.15) is 12.6 Å². The summed E-state index contributed by atoms with van der Waals surface area (Å²) in [5.74, 6) is 0.775. The molecule has 0 radical (unpaired) electrons. The van der Waals surface area contributed by atoms with Crippen molar-refractivity contribution < 1.29 is 9.47 Å². The standard InChI is InChI=1S/C13H24N4O2/c1-11(10-19-4)17(5-6-18-3)9-12-7-16-13(14-2)8-15-12/h7-8,11H,5-6,9-10H2,1-4H3,(H,14,16). The Morgan fingerprint density at radius 3 is 2.58 bits per heavy atom. The first-order chi connectivity index (χ1) is 9.21. The molecule has 0 bridgehead atoms. The number of anilines is 1. The summed E-state index contributed by atoms with van der Waals surface area (Å²) in [4.78, 5) is 10.9. The number of ether oxygens (including phenoxy) is 2. The van der Waals surface area contributed by atoms with E-state index in [9.17, 15) is 0 Å². The van der Waals surface area contributed by atoms with Crippen LogP contribution < -0.4 is 5.32 Å². The molecule has 1 unspecified atom stereocenters.